The zero-order chi connectivity index (χ0) is 12.4. The van der Waals surface area contributed by atoms with Gasteiger partial charge >= 0.3 is 0 Å². The predicted octanol–water partition coefficient (Wildman–Crippen LogP) is 2.65. The van der Waals surface area contributed by atoms with Crippen LogP contribution in [0.3, 0.4) is 0 Å². The van der Waals surface area contributed by atoms with Gasteiger partial charge in [0.05, 0.1) is 5.52 Å². The highest BCUT2D eigenvalue weighted by Gasteiger charge is 2.14. The minimum absolute atomic E-state index is 0.254. The number of nitrogens with zero attached hydrogens (tertiary/aromatic N) is 2. The molecule has 2 rings (SSSR count). The molecule has 1 aromatic heterocycles. The lowest BCUT2D eigenvalue weighted by molar-refractivity contribution is 0.577. The van der Waals surface area contributed by atoms with Crippen molar-refractivity contribution in [3.63, 3.8) is 0 Å². The summed E-state index contributed by atoms with van der Waals surface area (Å²) < 4.78 is 15.8. The second-order valence-corrected chi connectivity index (χ2v) is 4.49. The van der Waals surface area contributed by atoms with Crippen LogP contribution >= 0.6 is 0 Å². The Labute approximate surface area is 100 Å². The lowest BCUT2D eigenvalue weighted by atomic mass is 10.2. The fourth-order valence-electron chi connectivity index (χ4n) is 2.14. The third-order valence-electron chi connectivity index (χ3n) is 2.86. The molecular weight excluding hydrogens is 217 g/mol. The molecule has 0 spiro atoms. The van der Waals surface area contributed by atoms with E-state index >= 15 is 0 Å². The SMILES string of the molecule is CC(C)n1c(CCCN)nc2c(F)cccc21. The summed E-state index contributed by atoms with van der Waals surface area (Å²) in [5.74, 6) is 0.668. The predicted molar refractivity (Wildman–Crippen MR) is 67.5 cm³/mol. The first-order valence-corrected chi connectivity index (χ1v) is 6.00. The van der Waals surface area contributed by atoms with E-state index in [1.807, 2.05) is 6.07 Å². The number of aromatic nitrogens is 2. The molecule has 0 amide bonds. The average Bonchev–Trinajstić information content (AvgIpc) is 2.66. The van der Waals surface area contributed by atoms with Gasteiger partial charge in [-0.1, -0.05) is 6.07 Å². The first-order valence-electron chi connectivity index (χ1n) is 6.00. The topological polar surface area (TPSA) is 43.8 Å². The quantitative estimate of drug-likeness (QED) is 0.885. The molecule has 0 radical (unpaired) electrons. The number of benzene rings is 1. The van der Waals surface area contributed by atoms with Crippen molar-refractivity contribution in [2.45, 2.75) is 32.7 Å². The largest absolute Gasteiger partial charge is 0.330 e. The van der Waals surface area contributed by atoms with Crippen LogP contribution in [0.5, 0.6) is 0 Å². The Morgan fingerprint density at radius 1 is 1.41 bits per heavy atom. The molecule has 17 heavy (non-hydrogen) atoms. The Morgan fingerprint density at radius 2 is 2.18 bits per heavy atom. The van der Waals surface area contributed by atoms with Gasteiger partial charge in [0.1, 0.15) is 11.3 Å². The van der Waals surface area contributed by atoms with Crippen LogP contribution in [0.1, 0.15) is 32.1 Å². The van der Waals surface area contributed by atoms with Gasteiger partial charge in [0, 0.05) is 12.5 Å². The van der Waals surface area contributed by atoms with Gasteiger partial charge < -0.3 is 10.3 Å². The molecule has 4 heteroatoms. The van der Waals surface area contributed by atoms with E-state index in [1.54, 1.807) is 6.07 Å². The molecule has 1 heterocycles. The van der Waals surface area contributed by atoms with E-state index in [0.717, 1.165) is 24.2 Å². The Kier molecular flexibility index (Phi) is 3.43. The lowest BCUT2D eigenvalue weighted by Gasteiger charge is -2.12. The first kappa shape index (κ1) is 12.0. The maximum atomic E-state index is 13.7. The van der Waals surface area contributed by atoms with E-state index in [4.69, 9.17) is 5.73 Å². The van der Waals surface area contributed by atoms with E-state index in [2.05, 4.69) is 23.4 Å². The molecule has 0 aliphatic rings. The highest BCUT2D eigenvalue weighted by molar-refractivity contribution is 5.76. The van der Waals surface area contributed by atoms with Crippen molar-refractivity contribution in [3.05, 3.63) is 29.8 Å². The Hall–Kier alpha value is -1.42. The summed E-state index contributed by atoms with van der Waals surface area (Å²) in [6.45, 7) is 4.79. The summed E-state index contributed by atoms with van der Waals surface area (Å²) in [4.78, 5) is 4.40. The van der Waals surface area contributed by atoms with Crippen LogP contribution in [0.25, 0.3) is 11.0 Å². The van der Waals surface area contributed by atoms with Crippen LogP contribution in [-0.4, -0.2) is 16.1 Å². The average molecular weight is 235 g/mol. The number of fused-ring (bicyclic) bond motifs is 1. The summed E-state index contributed by atoms with van der Waals surface area (Å²) in [5.41, 5.74) is 6.85. The van der Waals surface area contributed by atoms with Crippen molar-refractivity contribution in [2.75, 3.05) is 6.54 Å². The molecule has 0 aliphatic carbocycles. The van der Waals surface area contributed by atoms with Gasteiger partial charge in [-0.2, -0.15) is 0 Å². The minimum atomic E-state index is -0.254. The van der Waals surface area contributed by atoms with Crippen molar-refractivity contribution in [1.82, 2.24) is 9.55 Å². The minimum Gasteiger partial charge on any atom is -0.330 e. The lowest BCUT2D eigenvalue weighted by Crippen LogP contribution is -2.08. The molecule has 0 atom stereocenters. The van der Waals surface area contributed by atoms with Crippen molar-refractivity contribution in [1.29, 1.82) is 0 Å². The van der Waals surface area contributed by atoms with E-state index in [9.17, 15) is 4.39 Å². The van der Waals surface area contributed by atoms with Crippen LogP contribution in [0.2, 0.25) is 0 Å². The first-order chi connectivity index (χ1) is 8.15. The summed E-state index contributed by atoms with van der Waals surface area (Å²) in [6, 6.07) is 5.37. The van der Waals surface area contributed by atoms with Gasteiger partial charge in [0.15, 0.2) is 5.82 Å². The maximum Gasteiger partial charge on any atom is 0.151 e. The van der Waals surface area contributed by atoms with Crippen molar-refractivity contribution < 1.29 is 4.39 Å². The number of halogens is 1. The highest BCUT2D eigenvalue weighted by atomic mass is 19.1. The van der Waals surface area contributed by atoms with Crippen LogP contribution in [0.4, 0.5) is 4.39 Å². The Morgan fingerprint density at radius 3 is 2.82 bits per heavy atom. The standard InChI is InChI=1S/C13H18FN3/c1-9(2)17-11-6-3-5-10(14)13(11)16-12(17)7-4-8-15/h3,5-6,9H,4,7-8,15H2,1-2H3. The molecular formula is C13H18FN3. The zero-order valence-electron chi connectivity index (χ0n) is 10.3. The number of nitrogens with two attached hydrogens (primary N) is 1. The van der Waals surface area contributed by atoms with Crippen LogP contribution in [0.15, 0.2) is 18.2 Å². The monoisotopic (exact) mass is 235 g/mol. The fourth-order valence-corrected chi connectivity index (χ4v) is 2.14. The maximum absolute atomic E-state index is 13.7. The van der Waals surface area contributed by atoms with E-state index in [0.29, 0.717) is 12.1 Å². The van der Waals surface area contributed by atoms with Gasteiger partial charge in [-0.3, -0.25) is 0 Å². The fraction of sp³-hybridized carbons (Fsp3) is 0.462. The van der Waals surface area contributed by atoms with Gasteiger partial charge in [0.2, 0.25) is 0 Å². The summed E-state index contributed by atoms with van der Waals surface area (Å²) >= 11 is 0. The van der Waals surface area contributed by atoms with Crippen molar-refractivity contribution >= 4 is 11.0 Å². The van der Waals surface area contributed by atoms with Crippen molar-refractivity contribution in [2.24, 2.45) is 5.73 Å². The molecule has 0 saturated carbocycles. The Balaban J connectivity index is 2.58. The molecule has 0 aliphatic heterocycles. The van der Waals surface area contributed by atoms with E-state index in [1.165, 1.54) is 6.07 Å². The highest BCUT2D eigenvalue weighted by Crippen LogP contribution is 2.23. The number of hydrogen-bond acceptors (Lipinski definition) is 2. The molecule has 1 aromatic carbocycles. The molecule has 0 fully saturated rings. The molecule has 92 valence electrons. The summed E-state index contributed by atoms with van der Waals surface area (Å²) in [5, 5.41) is 0. The van der Waals surface area contributed by atoms with E-state index < -0.39 is 0 Å². The van der Waals surface area contributed by atoms with Crippen LogP contribution < -0.4 is 5.73 Å². The van der Waals surface area contributed by atoms with Crippen LogP contribution in [-0.2, 0) is 6.42 Å². The van der Waals surface area contributed by atoms with Crippen LogP contribution in [0, 0.1) is 5.82 Å². The molecule has 2 aromatic rings. The number of hydrogen-bond donors (Lipinski definition) is 1. The third kappa shape index (κ3) is 2.17. The van der Waals surface area contributed by atoms with Gasteiger partial charge in [-0.15, -0.1) is 0 Å². The normalized spacial score (nSPS) is 11.6. The molecule has 0 bridgehead atoms. The van der Waals surface area contributed by atoms with Gasteiger partial charge in [-0.05, 0) is 38.9 Å². The van der Waals surface area contributed by atoms with Gasteiger partial charge in [-0.25, -0.2) is 9.37 Å². The summed E-state index contributed by atoms with van der Waals surface area (Å²) in [7, 11) is 0. The molecule has 2 N–H and O–H groups in total. The molecule has 0 saturated heterocycles. The number of imidazole rings is 1. The van der Waals surface area contributed by atoms with Gasteiger partial charge in [0.25, 0.3) is 0 Å². The number of rotatable bonds is 4. The second-order valence-electron chi connectivity index (χ2n) is 4.49. The molecule has 3 nitrogen and oxygen atoms in total. The third-order valence-corrected chi connectivity index (χ3v) is 2.86. The smallest absolute Gasteiger partial charge is 0.151 e. The second kappa shape index (κ2) is 4.84. The van der Waals surface area contributed by atoms with Crippen molar-refractivity contribution in [3.8, 4) is 0 Å². The zero-order valence-corrected chi connectivity index (χ0v) is 10.3. The summed E-state index contributed by atoms with van der Waals surface area (Å²) in [6.07, 6.45) is 1.67. The Bertz CT molecular complexity index is 517. The number of aryl methyl sites for hydroxylation is 1. The number of para-hydroxylation sites is 1. The van der Waals surface area contributed by atoms with E-state index in [-0.39, 0.29) is 11.9 Å². The molecule has 0 unspecified atom stereocenters.